The topological polar surface area (TPSA) is 53.5 Å². The average molecular weight is 420 g/mol. The Morgan fingerprint density at radius 1 is 1.10 bits per heavy atom. The molecule has 2 fully saturated rings. The summed E-state index contributed by atoms with van der Waals surface area (Å²) in [6.45, 7) is 2.91. The van der Waals surface area contributed by atoms with E-state index >= 15 is 0 Å². The minimum Gasteiger partial charge on any atom is -0.338 e. The van der Waals surface area contributed by atoms with E-state index in [1.165, 1.54) is 4.70 Å². The van der Waals surface area contributed by atoms with Gasteiger partial charge in [-0.05, 0) is 49.1 Å². The monoisotopic (exact) mass is 419 g/mol. The van der Waals surface area contributed by atoms with Crippen molar-refractivity contribution < 1.29 is 9.59 Å². The molecule has 2 aromatic carbocycles. The second kappa shape index (κ2) is 8.19. The fourth-order valence-corrected chi connectivity index (χ4v) is 5.60. The molecule has 0 radical (unpaired) electrons. The fraction of sp³-hybridized carbons (Fsp3) is 0.375. The number of likely N-dealkylation sites (tertiary alicyclic amines) is 2. The van der Waals surface area contributed by atoms with Crippen molar-refractivity contribution in [1.82, 2.24) is 14.8 Å². The Bertz CT molecular complexity index is 1060. The molecule has 0 saturated carbocycles. The number of amides is 2. The standard InChI is InChI=1S/C24H25N3O2S/c28-22-11-5-12-26(22)15-17-6-3-7-18(14-17)24(29)27-13-4-8-19(16-27)23-25-20-9-1-2-10-21(20)30-23/h1-3,6-7,9-10,14,19H,4-5,8,11-13,15-16H2. The Hall–Kier alpha value is -2.73. The zero-order valence-electron chi connectivity index (χ0n) is 16.9. The number of carbonyl (C=O) groups is 2. The summed E-state index contributed by atoms with van der Waals surface area (Å²) in [5.41, 5.74) is 2.78. The quantitative estimate of drug-likeness (QED) is 0.628. The molecule has 0 bridgehead atoms. The number of carbonyl (C=O) groups excluding carboxylic acids is 2. The van der Waals surface area contributed by atoms with E-state index in [1.54, 1.807) is 11.3 Å². The third kappa shape index (κ3) is 3.84. The maximum absolute atomic E-state index is 13.2. The number of piperidine rings is 1. The normalized spacial score (nSPS) is 19.6. The number of thiazole rings is 1. The van der Waals surface area contributed by atoms with Gasteiger partial charge < -0.3 is 9.80 Å². The summed E-state index contributed by atoms with van der Waals surface area (Å²) in [5, 5.41) is 1.13. The average Bonchev–Trinajstić information content (AvgIpc) is 3.40. The van der Waals surface area contributed by atoms with Crippen molar-refractivity contribution >= 4 is 33.4 Å². The molecule has 1 atom stereocenters. The number of nitrogens with zero attached hydrogens (tertiary/aromatic N) is 3. The van der Waals surface area contributed by atoms with Gasteiger partial charge in [0.1, 0.15) is 0 Å². The van der Waals surface area contributed by atoms with Crippen molar-refractivity contribution in [2.24, 2.45) is 0 Å². The van der Waals surface area contributed by atoms with E-state index in [4.69, 9.17) is 4.98 Å². The maximum atomic E-state index is 13.2. The number of hydrogen-bond donors (Lipinski definition) is 0. The lowest BCUT2D eigenvalue weighted by molar-refractivity contribution is -0.128. The van der Waals surface area contributed by atoms with Gasteiger partial charge in [-0.1, -0.05) is 24.3 Å². The highest BCUT2D eigenvalue weighted by Gasteiger charge is 2.28. The largest absolute Gasteiger partial charge is 0.338 e. The lowest BCUT2D eigenvalue weighted by Crippen LogP contribution is -2.39. The van der Waals surface area contributed by atoms with Crippen LogP contribution in [0.25, 0.3) is 10.2 Å². The van der Waals surface area contributed by atoms with E-state index in [9.17, 15) is 9.59 Å². The molecule has 5 nitrogen and oxygen atoms in total. The van der Waals surface area contributed by atoms with Crippen LogP contribution in [0.3, 0.4) is 0 Å². The molecule has 1 aromatic heterocycles. The van der Waals surface area contributed by atoms with E-state index in [2.05, 4.69) is 12.1 Å². The van der Waals surface area contributed by atoms with E-state index in [-0.39, 0.29) is 11.8 Å². The van der Waals surface area contributed by atoms with Crippen LogP contribution < -0.4 is 0 Å². The minimum atomic E-state index is 0.0791. The smallest absolute Gasteiger partial charge is 0.253 e. The molecule has 2 aliphatic heterocycles. The van der Waals surface area contributed by atoms with Crippen LogP contribution in [-0.2, 0) is 11.3 Å². The molecule has 0 spiro atoms. The van der Waals surface area contributed by atoms with Crippen LogP contribution in [0.1, 0.15) is 52.5 Å². The molecular formula is C24H25N3O2S. The van der Waals surface area contributed by atoms with Gasteiger partial charge in [-0.15, -0.1) is 11.3 Å². The Labute approximate surface area is 180 Å². The minimum absolute atomic E-state index is 0.0791. The lowest BCUT2D eigenvalue weighted by Gasteiger charge is -2.32. The van der Waals surface area contributed by atoms with Gasteiger partial charge in [-0.2, -0.15) is 0 Å². The number of benzene rings is 2. The predicted octanol–water partition coefficient (Wildman–Crippen LogP) is 4.44. The van der Waals surface area contributed by atoms with E-state index in [0.29, 0.717) is 31.0 Å². The van der Waals surface area contributed by atoms with Gasteiger partial charge in [-0.25, -0.2) is 4.98 Å². The SMILES string of the molecule is O=C1CCCN1Cc1cccc(C(=O)N2CCCC(c3nc4ccccc4s3)C2)c1. The molecule has 30 heavy (non-hydrogen) atoms. The Morgan fingerprint density at radius 3 is 2.83 bits per heavy atom. The summed E-state index contributed by atoms with van der Waals surface area (Å²) < 4.78 is 1.21. The van der Waals surface area contributed by atoms with Crippen molar-refractivity contribution in [1.29, 1.82) is 0 Å². The third-order valence-corrected chi connectivity index (χ3v) is 7.29. The zero-order chi connectivity index (χ0) is 20.5. The van der Waals surface area contributed by atoms with Gasteiger partial charge >= 0.3 is 0 Å². The summed E-state index contributed by atoms with van der Waals surface area (Å²) >= 11 is 1.75. The summed E-state index contributed by atoms with van der Waals surface area (Å²) in [4.78, 5) is 33.8. The van der Waals surface area contributed by atoms with Crippen molar-refractivity contribution in [3.8, 4) is 0 Å². The van der Waals surface area contributed by atoms with Gasteiger partial charge in [0.25, 0.3) is 5.91 Å². The van der Waals surface area contributed by atoms with E-state index in [1.807, 2.05) is 46.2 Å². The first-order valence-electron chi connectivity index (χ1n) is 10.7. The van der Waals surface area contributed by atoms with Gasteiger partial charge in [0, 0.05) is 44.1 Å². The first kappa shape index (κ1) is 19.2. The molecule has 154 valence electrons. The summed E-state index contributed by atoms with van der Waals surface area (Å²) in [7, 11) is 0. The van der Waals surface area contributed by atoms with E-state index in [0.717, 1.165) is 48.4 Å². The molecular weight excluding hydrogens is 394 g/mol. The number of hydrogen-bond acceptors (Lipinski definition) is 4. The highest BCUT2D eigenvalue weighted by molar-refractivity contribution is 7.18. The second-order valence-corrected chi connectivity index (χ2v) is 9.29. The Balaban J connectivity index is 1.30. The number of aromatic nitrogens is 1. The number of fused-ring (bicyclic) bond motifs is 1. The number of rotatable bonds is 4. The van der Waals surface area contributed by atoms with Gasteiger partial charge in [0.2, 0.25) is 5.91 Å². The van der Waals surface area contributed by atoms with Crippen LogP contribution in [0.2, 0.25) is 0 Å². The highest BCUT2D eigenvalue weighted by Crippen LogP contribution is 2.33. The van der Waals surface area contributed by atoms with Gasteiger partial charge in [0.05, 0.1) is 15.2 Å². The fourth-order valence-electron chi connectivity index (χ4n) is 4.50. The van der Waals surface area contributed by atoms with Gasteiger partial charge in [0.15, 0.2) is 0 Å². The van der Waals surface area contributed by atoms with Crippen molar-refractivity contribution in [2.75, 3.05) is 19.6 Å². The van der Waals surface area contributed by atoms with Gasteiger partial charge in [-0.3, -0.25) is 9.59 Å². The lowest BCUT2D eigenvalue weighted by atomic mass is 9.97. The van der Waals surface area contributed by atoms with Crippen molar-refractivity contribution in [3.05, 3.63) is 64.7 Å². The molecule has 6 heteroatoms. The van der Waals surface area contributed by atoms with Crippen LogP contribution in [0.15, 0.2) is 48.5 Å². The van der Waals surface area contributed by atoms with Crippen molar-refractivity contribution in [2.45, 2.75) is 38.1 Å². The van der Waals surface area contributed by atoms with Crippen LogP contribution >= 0.6 is 11.3 Å². The van der Waals surface area contributed by atoms with Crippen LogP contribution in [-0.4, -0.2) is 46.2 Å². The predicted molar refractivity (Wildman–Crippen MR) is 119 cm³/mol. The molecule has 3 aromatic rings. The van der Waals surface area contributed by atoms with Crippen molar-refractivity contribution in [3.63, 3.8) is 0 Å². The summed E-state index contributed by atoms with van der Waals surface area (Å²) in [5.74, 6) is 0.586. The molecule has 2 amide bonds. The maximum Gasteiger partial charge on any atom is 0.253 e. The summed E-state index contributed by atoms with van der Waals surface area (Å²) in [6.07, 6.45) is 3.63. The molecule has 3 heterocycles. The molecule has 5 rings (SSSR count). The van der Waals surface area contributed by atoms with Crippen LogP contribution in [0, 0.1) is 0 Å². The first-order chi connectivity index (χ1) is 14.7. The zero-order valence-corrected chi connectivity index (χ0v) is 17.7. The Kier molecular flexibility index (Phi) is 5.25. The number of para-hydroxylation sites is 1. The summed E-state index contributed by atoms with van der Waals surface area (Å²) in [6, 6.07) is 16.0. The van der Waals surface area contributed by atoms with E-state index < -0.39 is 0 Å². The Morgan fingerprint density at radius 2 is 2.00 bits per heavy atom. The second-order valence-electron chi connectivity index (χ2n) is 8.23. The third-order valence-electron chi connectivity index (χ3n) is 6.09. The molecule has 1 unspecified atom stereocenters. The highest BCUT2D eigenvalue weighted by atomic mass is 32.1. The molecule has 2 saturated heterocycles. The first-order valence-corrected chi connectivity index (χ1v) is 11.5. The molecule has 0 N–H and O–H groups in total. The van der Waals surface area contributed by atoms with Crippen LogP contribution in [0.5, 0.6) is 0 Å². The molecule has 2 aliphatic rings. The van der Waals surface area contributed by atoms with Crippen LogP contribution in [0.4, 0.5) is 0 Å². The molecule has 0 aliphatic carbocycles.